The minimum absolute atomic E-state index is 0.00528. The molecule has 0 aromatic rings. The molecule has 0 aliphatic carbocycles. The number of ether oxygens (including phenoxy) is 6. The highest BCUT2D eigenvalue weighted by Gasteiger charge is 2.25. The van der Waals surface area contributed by atoms with E-state index in [1.54, 1.807) is 0 Å². The standard InChI is InChI=1S/C99H190N2O11/c1-12-19-54-88(55-20-13-2)70-78-108-95(102)64-49-41-33-25-29-37-45-60-92(85-101-75-82-107-83-76-101)61-46-38-30-26-34-42-50-66-97(104)110-80-72-90(58-23-16-5)69-68-87(10)93(18-7)84-91(59-24-17-6)73-81-111-98(105)67-52-44-36-28-32-40-48-63-94(99(106)112-77-53-74-100(11)86(8)9)62-47-39-31-27-35-43-51-65-96(103)109-79-71-89(56-21-14-3)57-22-15-4/h86-94H,12-85H2,1-11H3. The minimum atomic E-state index is -0.0408. The molecule has 6 unspecified atom stereocenters. The maximum Gasteiger partial charge on any atom is 0.308 e. The Morgan fingerprint density at radius 2 is 0.625 bits per heavy atom. The Labute approximate surface area is 695 Å². The first-order valence-electron chi connectivity index (χ1n) is 49.4. The molecule has 1 aliphatic heterocycles. The summed E-state index contributed by atoms with van der Waals surface area (Å²) in [6.07, 6.45) is 70.8. The molecule has 1 saturated heterocycles. The lowest BCUT2D eigenvalue weighted by atomic mass is 9.78. The van der Waals surface area contributed by atoms with Gasteiger partial charge in [-0.2, -0.15) is 0 Å². The van der Waals surface area contributed by atoms with Crippen LogP contribution in [-0.4, -0.2) is 125 Å². The third-order valence-corrected chi connectivity index (χ3v) is 25.5. The lowest BCUT2D eigenvalue weighted by Crippen LogP contribution is -2.39. The molecule has 0 amide bonds. The van der Waals surface area contributed by atoms with Crippen molar-refractivity contribution < 1.29 is 52.4 Å². The fourth-order valence-corrected chi connectivity index (χ4v) is 17.2. The summed E-state index contributed by atoms with van der Waals surface area (Å²) >= 11 is 0. The van der Waals surface area contributed by atoms with E-state index < -0.39 is 0 Å². The first-order valence-corrected chi connectivity index (χ1v) is 49.4. The van der Waals surface area contributed by atoms with Gasteiger partial charge in [0.1, 0.15) is 0 Å². The lowest BCUT2D eigenvalue weighted by molar-refractivity contribution is -0.149. The maximum atomic E-state index is 13.4. The van der Waals surface area contributed by atoms with Crippen LogP contribution in [0.5, 0.6) is 0 Å². The lowest BCUT2D eigenvalue weighted by Gasteiger charge is -2.30. The van der Waals surface area contributed by atoms with Gasteiger partial charge in [0.2, 0.25) is 0 Å². The number of morpholine rings is 1. The van der Waals surface area contributed by atoms with Crippen LogP contribution in [0.3, 0.4) is 0 Å². The number of hydrogen-bond acceptors (Lipinski definition) is 13. The summed E-state index contributed by atoms with van der Waals surface area (Å²) in [6.45, 7) is 31.6. The number of carbonyl (C=O) groups excluding carboxylic acids is 5. The number of rotatable bonds is 85. The van der Waals surface area contributed by atoms with Crippen molar-refractivity contribution in [3.05, 3.63) is 0 Å². The molecule has 13 nitrogen and oxygen atoms in total. The SMILES string of the molecule is CCCCC(CCCC)CCOC(=O)CCCCCCCCCC(CCCCCCCCCC(=O)OCCC(CCCC)CCC(C)C(CC)CC(CCCC)CCOC(=O)CCCCCCCCCC(CCCCCCCCCC(=O)OCCC(CCCC)CCCC)C(=O)OCCCN(C)C(C)C)CN1CCOCC1. The predicted octanol–water partition coefficient (Wildman–Crippen LogP) is 28.0. The molecule has 1 heterocycles. The van der Waals surface area contributed by atoms with E-state index in [1.807, 2.05) is 0 Å². The third-order valence-electron chi connectivity index (χ3n) is 25.5. The fraction of sp³-hybridized carbons (Fsp3) is 0.949. The van der Waals surface area contributed by atoms with E-state index in [-0.39, 0.29) is 35.8 Å². The molecule has 1 rings (SSSR count). The van der Waals surface area contributed by atoms with Gasteiger partial charge in [0.15, 0.2) is 0 Å². The minimum Gasteiger partial charge on any atom is -0.466 e. The van der Waals surface area contributed by atoms with E-state index in [1.165, 1.54) is 238 Å². The summed E-state index contributed by atoms with van der Waals surface area (Å²) in [5, 5.41) is 0. The second kappa shape index (κ2) is 79.4. The van der Waals surface area contributed by atoms with Crippen LogP contribution < -0.4 is 0 Å². The summed E-state index contributed by atoms with van der Waals surface area (Å²) in [6, 6.07) is 0.476. The molecule has 0 bridgehead atoms. The van der Waals surface area contributed by atoms with Gasteiger partial charge in [-0.3, -0.25) is 28.9 Å². The molecule has 0 spiro atoms. The Balaban J connectivity index is 2.37. The van der Waals surface area contributed by atoms with Crippen molar-refractivity contribution in [2.75, 3.05) is 79.5 Å². The van der Waals surface area contributed by atoms with E-state index in [0.29, 0.717) is 100 Å². The van der Waals surface area contributed by atoms with Crippen LogP contribution >= 0.6 is 0 Å². The summed E-state index contributed by atoms with van der Waals surface area (Å²) in [4.78, 5) is 69.1. The molecule has 662 valence electrons. The molecule has 1 aliphatic rings. The van der Waals surface area contributed by atoms with Crippen LogP contribution in [0.15, 0.2) is 0 Å². The Hall–Kier alpha value is -2.77. The van der Waals surface area contributed by atoms with Gasteiger partial charge in [-0.05, 0) is 152 Å². The Morgan fingerprint density at radius 1 is 0.321 bits per heavy atom. The predicted molar refractivity (Wildman–Crippen MR) is 474 cm³/mol. The maximum absolute atomic E-state index is 13.4. The van der Waals surface area contributed by atoms with E-state index in [4.69, 9.17) is 28.4 Å². The van der Waals surface area contributed by atoms with Crippen LogP contribution in [-0.2, 0) is 52.4 Å². The normalized spacial score (nSPS) is 14.5. The molecule has 13 heteroatoms. The molecular weight excluding hydrogens is 1390 g/mol. The number of esters is 5. The van der Waals surface area contributed by atoms with Crippen molar-refractivity contribution in [3.8, 4) is 0 Å². The molecule has 6 atom stereocenters. The average Bonchev–Trinajstić information content (AvgIpc) is 0.926. The van der Waals surface area contributed by atoms with Crippen molar-refractivity contribution in [3.63, 3.8) is 0 Å². The molecule has 112 heavy (non-hydrogen) atoms. The zero-order valence-corrected chi connectivity index (χ0v) is 76.4. The summed E-state index contributed by atoms with van der Waals surface area (Å²) in [7, 11) is 2.13. The number of hydrogen-bond donors (Lipinski definition) is 0. The quantitative estimate of drug-likeness (QED) is 0.0324. The van der Waals surface area contributed by atoms with Crippen molar-refractivity contribution >= 4 is 29.8 Å². The molecular formula is C99H190N2O11. The number of carbonyl (C=O) groups is 5. The van der Waals surface area contributed by atoms with Crippen molar-refractivity contribution in [2.24, 2.45) is 47.3 Å². The van der Waals surface area contributed by atoms with Gasteiger partial charge in [0, 0.05) is 57.9 Å². The van der Waals surface area contributed by atoms with Crippen molar-refractivity contribution in [1.29, 1.82) is 0 Å². The molecule has 0 N–H and O–H groups in total. The second-order valence-electron chi connectivity index (χ2n) is 35.9. The van der Waals surface area contributed by atoms with Crippen LogP contribution in [0, 0.1) is 47.3 Å². The largest absolute Gasteiger partial charge is 0.466 e. The summed E-state index contributed by atoms with van der Waals surface area (Å²) in [5.74, 6) is 4.52. The highest BCUT2D eigenvalue weighted by atomic mass is 16.5. The fourth-order valence-electron chi connectivity index (χ4n) is 17.2. The van der Waals surface area contributed by atoms with Gasteiger partial charge < -0.3 is 33.3 Å². The number of unbranched alkanes of at least 4 members (excludes halogenated alkanes) is 30. The van der Waals surface area contributed by atoms with Gasteiger partial charge in [0.05, 0.1) is 52.2 Å². The van der Waals surface area contributed by atoms with Gasteiger partial charge >= 0.3 is 29.8 Å². The second-order valence-corrected chi connectivity index (χ2v) is 35.9. The van der Waals surface area contributed by atoms with Crippen molar-refractivity contribution in [1.82, 2.24) is 9.80 Å². The van der Waals surface area contributed by atoms with E-state index in [2.05, 4.69) is 86.1 Å². The van der Waals surface area contributed by atoms with Gasteiger partial charge in [-0.1, -0.05) is 344 Å². The first kappa shape index (κ1) is 107. The van der Waals surface area contributed by atoms with Crippen LogP contribution in [0.1, 0.15) is 474 Å². The van der Waals surface area contributed by atoms with E-state index >= 15 is 0 Å². The average molecular weight is 1580 g/mol. The van der Waals surface area contributed by atoms with Crippen LogP contribution in [0.4, 0.5) is 0 Å². The first-order chi connectivity index (χ1) is 54.6. The molecule has 0 aromatic carbocycles. The number of nitrogens with zero attached hydrogens (tertiary/aromatic N) is 2. The van der Waals surface area contributed by atoms with Gasteiger partial charge in [-0.25, -0.2) is 0 Å². The monoisotopic (exact) mass is 1580 g/mol. The highest BCUT2D eigenvalue weighted by Crippen LogP contribution is 2.34. The smallest absolute Gasteiger partial charge is 0.308 e. The zero-order valence-electron chi connectivity index (χ0n) is 76.4. The van der Waals surface area contributed by atoms with Crippen molar-refractivity contribution in [2.45, 2.75) is 480 Å². The third kappa shape index (κ3) is 66.2. The Morgan fingerprint density at radius 3 is 0.964 bits per heavy atom. The van der Waals surface area contributed by atoms with E-state index in [0.717, 1.165) is 186 Å². The summed E-state index contributed by atoms with van der Waals surface area (Å²) in [5.41, 5.74) is 0. The highest BCUT2D eigenvalue weighted by molar-refractivity contribution is 5.72. The molecule has 1 fully saturated rings. The van der Waals surface area contributed by atoms with Gasteiger partial charge in [-0.15, -0.1) is 0 Å². The van der Waals surface area contributed by atoms with Crippen LogP contribution in [0.25, 0.3) is 0 Å². The zero-order chi connectivity index (χ0) is 81.8. The molecule has 0 saturated carbocycles. The molecule has 0 radical (unpaired) electrons. The summed E-state index contributed by atoms with van der Waals surface area (Å²) < 4.78 is 34.7. The van der Waals surface area contributed by atoms with E-state index in [9.17, 15) is 24.0 Å². The Bertz CT molecular complexity index is 2070. The molecule has 0 aromatic heterocycles. The Kier molecular flexibility index (Phi) is 76.0. The topological polar surface area (TPSA) is 147 Å². The van der Waals surface area contributed by atoms with Gasteiger partial charge in [0.25, 0.3) is 0 Å². The van der Waals surface area contributed by atoms with Crippen LogP contribution in [0.2, 0.25) is 0 Å².